The summed E-state index contributed by atoms with van der Waals surface area (Å²) < 4.78 is 5.66. The van der Waals surface area contributed by atoms with Gasteiger partial charge in [0.15, 0.2) is 0 Å². The summed E-state index contributed by atoms with van der Waals surface area (Å²) in [4.78, 5) is 32.2. The zero-order valence-electron chi connectivity index (χ0n) is 20.8. The molecule has 0 radical (unpaired) electrons. The number of carbonyl (C=O) groups is 2. The van der Waals surface area contributed by atoms with Gasteiger partial charge in [-0.25, -0.2) is 0 Å². The van der Waals surface area contributed by atoms with Gasteiger partial charge in [-0.2, -0.15) is 0 Å². The van der Waals surface area contributed by atoms with Crippen molar-refractivity contribution in [3.05, 3.63) is 65.7 Å². The Morgan fingerprint density at radius 1 is 0.971 bits per heavy atom. The first-order valence-electron chi connectivity index (χ1n) is 12.8. The average Bonchev–Trinajstić information content (AvgIpc) is 2.89. The molecule has 2 saturated heterocycles. The Kier molecular flexibility index (Phi) is 9.15. The Hall–Kier alpha value is -2.90. The molecule has 2 heterocycles. The predicted octanol–water partition coefficient (Wildman–Crippen LogP) is 2.76. The highest BCUT2D eigenvalue weighted by Gasteiger charge is 2.28. The smallest absolute Gasteiger partial charge is 0.226 e. The van der Waals surface area contributed by atoms with Gasteiger partial charge in [0, 0.05) is 52.4 Å². The van der Waals surface area contributed by atoms with E-state index in [-0.39, 0.29) is 17.7 Å². The van der Waals surface area contributed by atoms with Gasteiger partial charge in [-0.3, -0.25) is 14.5 Å². The molecule has 2 amide bonds. The second kappa shape index (κ2) is 12.7. The van der Waals surface area contributed by atoms with Gasteiger partial charge in [0.25, 0.3) is 0 Å². The van der Waals surface area contributed by atoms with Crippen LogP contribution >= 0.6 is 0 Å². The number of piperidine rings is 1. The first-order valence-corrected chi connectivity index (χ1v) is 12.8. The van der Waals surface area contributed by atoms with Crippen molar-refractivity contribution < 1.29 is 14.3 Å². The summed E-state index contributed by atoms with van der Waals surface area (Å²) in [6.45, 7) is 7.41. The number of benzene rings is 2. The van der Waals surface area contributed by atoms with E-state index >= 15 is 0 Å². The third-order valence-electron chi connectivity index (χ3n) is 6.93. The normalized spacial score (nSPS) is 19.3. The standard InChI is InChI=1S/C28H38N4O3/c1-30-14-16-31(17-15-30)21-24-8-5-7-23(19-24)20-29-28(34)25-9-6-13-32(22-25)27(33)12-18-35-26-10-3-2-4-11-26/h2-5,7-8,10-11,19,25H,6,9,12-18,20-22H2,1H3,(H,29,34). The van der Waals surface area contributed by atoms with Crippen molar-refractivity contribution in [3.63, 3.8) is 0 Å². The highest BCUT2D eigenvalue weighted by Crippen LogP contribution is 2.18. The van der Waals surface area contributed by atoms with Crippen LogP contribution in [0, 0.1) is 5.92 Å². The molecule has 0 bridgehead atoms. The molecule has 188 valence electrons. The number of hydrogen-bond donors (Lipinski definition) is 1. The first-order chi connectivity index (χ1) is 17.1. The fourth-order valence-electron chi connectivity index (χ4n) is 4.78. The molecule has 2 aliphatic rings. The van der Waals surface area contributed by atoms with Crippen LogP contribution in [0.4, 0.5) is 0 Å². The quantitative estimate of drug-likeness (QED) is 0.601. The van der Waals surface area contributed by atoms with Crippen LogP contribution in [0.15, 0.2) is 54.6 Å². The molecule has 2 fully saturated rings. The van der Waals surface area contributed by atoms with Gasteiger partial charge < -0.3 is 19.9 Å². The summed E-state index contributed by atoms with van der Waals surface area (Å²) in [6, 6.07) is 18.0. The number of hydrogen-bond acceptors (Lipinski definition) is 5. The van der Waals surface area contributed by atoms with Crippen molar-refractivity contribution in [2.45, 2.75) is 32.4 Å². The van der Waals surface area contributed by atoms with Gasteiger partial charge in [-0.15, -0.1) is 0 Å². The molecule has 1 unspecified atom stereocenters. The molecule has 1 N–H and O–H groups in total. The second-order valence-electron chi connectivity index (χ2n) is 9.71. The third-order valence-corrected chi connectivity index (χ3v) is 6.93. The van der Waals surface area contributed by atoms with Crippen LogP contribution in [0.5, 0.6) is 5.75 Å². The largest absolute Gasteiger partial charge is 0.493 e. The molecule has 0 spiro atoms. The Balaban J connectivity index is 1.20. The van der Waals surface area contributed by atoms with Crippen molar-refractivity contribution in [2.24, 2.45) is 5.92 Å². The number of piperazine rings is 1. The van der Waals surface area contributed by atoms with Crippen LogP contribution in [0.2, 0.25) is 0 Å². The first kappa shape index (κ1) is 25.2. The van der Waals surface area contributed by atoms with Crippen LogP contribution in [0.25, 0.3) is 0 Å². The van der Waals surface area contributed by atoms with Crippen LogP contribution in [-0.4, -0.2) is 79.4 Å². The van der Waals surface area contributed by atoms with E-state index in [1.54, 1.807) is 0 Å². The van der Waals surface area contributed by atoms with Gasteiger partial charge >= 0.3 is 0 Å². The summed E-state index contributed by atoms with van der Waals surface area (Å²) in [6.07, 6.45) is 1.99. The van der Waals surface area contributed by atoms with Crippen molar-refractivity contribution in [3.8, 4) is 5.75 Å². The maximum Gasteiger partial charge on any atom is 0.226 e. The van der Waals surface area contributed by atoms with Crippen LogP contribution in [0.3, 0.4) is 0 Å². The van der Waals surface area contributed by atoms with Crippen LogP contribution in [-0.2, 0) is 22.7 Å². The SMILES string of the molecule is CN1CCN(Cc2cccc(CNC(=O)C3CCCN(C(=O)CCOc4ccccc4)C3)c2)CC1. The lowest BCUT2D eigenvalue weighted by molar-refractivity contribution is -0.136. The summed E-state index contributed by atoms with van der Waals surface area (Å²) >= 11 is 0. The topological polar surface area (TPSA) is 65.1 Å². The van der Waals surface area contributed by atoms with Crippen LogP contribution < -0.4 is 10.1 Å². The van der Waals surface area contributed by atoms with Crippen molar-refractivity contribution in [1.82, 2.24) is 20.0 Å². The van der Waals surface area contributed by atoms with E-state index in [2.05, 4.69) is 46.4 Å². The van der Waals surface area contributed by atoms with Crippen molar-refractivity contribution >= 4 is 11.8 Å². The fourth-order valence-corrected chi connectivity index (χ4v) is 4.78. The number of nitrogens with one attached hydrogen (secondary N) is 1. The highest BCUT2D eigenvalue weighted by atomic mass is 16.5. The number of nitrogens with zero attached hydrogens (tertiary/aromatic N) is 3. The van der Waals surface area contributed by atoms with E-state index < -0.39 is 0 Å². The van der Waals surface area contributed by atoms with E-state index in [4.69, 9.17) is 4.74 Å². The lowest BCUT2D eigenvalue weighted by atomic mass is 9.96. The number of para-hydroxylation sites is 1. The maximum absolute atomic E-state index is 12.9. The number of likely N-dealkylation sites (N-methyl/N-ethyl adjacent to an activating group) is 1. The molecule has 0 aliphatic carbocycles. The summed E-state index contributed by atoms with van der Waals surface area (Å²) in [5.41, 5.74) is 2.40. The molecular weight excluding hydrogens is 440 g/mol. The molecule has 4 rings (SSSR count). The lowest BCUT2D eigenvalue weighted by Crippen LogP contribution is -2.45. The van der Waals surface area contributed by atoms with Gasteiger partial charge in [0.2, 0.25) is 11.8 Å². The number of ether oxygens (including phenoxy) is 1. The minimum atomic E-state index is -0.156. The molecule has 7 nitrogen and oxygen atoms in total. The average molecular weight is 479 g/mol. The lowest BCUT2D eigenvalue weighted by Gasteiger charge is -2.32. The van der Waals surface area contributed by atoms with Gasteiger partial charge in [-0.05, 0) is 43.1 Å². The minimum Gasteiger partial charge on any atom is -0.493 e. The van der Waals surface area contributed by atoms with E-state index in [9.17, 15) is 9.59 Å². The second-order valence-corrected chi connectivity index (χ2v) is 9.71. The van der Waals surface area contributed by atoms with E-state index in [0.717, 1.165) is 56.9 Å². The Morgan fingerprint density at radius 2 is 1.74 bits per heavy atom. The zero-order valence-corrected chi connectivity index (χ0v) is 20.8. The fraction of sp³-hybridized carbons (Fsp3) is 0.500. The van der Waals surface area contributed by atoms with Gasteiger partial charge in [-0.1, -0.05) is 42.5 Å². The zero-order chi connectivity index (χ0) is 24.5. The molecule has 0 aromatic heterocycles. The van der Waals surface area contributed by atoms with E-state index in [1.807, 2.05) is 35.2 Å². The molecule has 7 heteroatoms. The minimum absolute atomic E-state index is 0.0347. The Bertz CT molecular complexity index is 960. The van der Waals surface area contributed by atoms with Gasteiger partial charge in [0.05, 0.1) is 18.9 Å². The van der Waals surface area contributed by atoms with Gasteiger partial charge in [0.1, 0.15) is 5.75 Å². The summed E-state index contributed by atoms with van der Waals surface area (Å²) in [5, 5.41) is 3.11. The Morgan fingerprint density at radius 3 is 2.54 bits per heavy atom. The molecule has 1 atom stereocenters. The number of likely N-dealkylation sites (tertiary alicyclic amines) is 1. The molecule has 2 aromatic rings. The summed E-state index contributed by atoms with van der Waals surface area (Å²) in [7, 11) is 2.17. The molecule has 0 saturated carbocycles. The van der Waals surface area contributed by atoms with Crippen LogP contribution in [0.1, 0.15) is 30.4 Å². The number of carbonyl (C=O) groups excluding carboxylic acids is 2. The predicted molar refractivity (Wildman–Crippen MR) is 137 cm³/mol. The van der Waals surface area contributed by atoms with E-state index in [1.165, 1.54) is 5.56 Å². The molecule has 35 heavy (non-hydrogen) atoms. The number of amides is 2. The number of rotatable bonds is 9. The highest BCUT2D eigenvalue weighted by molar-refractivity contribution is 5.81. The van der Waals surface area contributed by atoms with Crippen molar-refractivity contribution in [1.29, 1.82) is 0 Å². The van der Waals surface area contributed by atoms with E-state index in [0.29, 0.717) is 32.7 Å². The van der Waals surface area contributed by atoms with Crippen molar-refractivity contribution in [2.75, 3.05) is 52.9 Å². The maximum atomic E-state index is 12.9. The molecule has 2 aliphatic heterocycles. The summed E-state index contributed by atoms with van der Waals surface area (Å²) in [5.74, 6) is 0.697. The Labute approximate surface area is 209 Å². The third kappa shape index (κ3) is 7.80. The monoisotopic (exact) mass is 478 g/mol. The molecule has 2 aromatic carbocycles. The molecular formula is C28H38N4O3.